The lowest BCUT2D eigenvalue weighted by atomic mass is 10.2. The molecule has 1 aromatic heterocycles. The average Bonchev–Trinajstić information content (AvgIpc) is 2.84. The molecule has 0 spiro atoms. The summed E-state index contributed by atoms with van der Waals surface area (Å²) in [7, 11) is 0. The number of likely N-dealkylation sites (tertiary alicyclic amines) is 1. The van der Waals surface area contributed by atoms with Crippen LogP contribution in [0.5, 0.6) is 0 Å². The van der Waals surface area contributed by atoms with Crippen LogP contribution in [0.3, 0.4) is 0 Å². The molecule has 1 aromatic carbocycles. The highest BCUT2D eigenvalue weighted by Crippen LogP contribution is 2.28. The first kappa shape index (κ1) is 20.6. The minimum atomic E-state index is -2.62. The van der Waals surface area contributed by atoms with Gasteiger partial charge in [-0.1, -0.05) is 25.0 Å². The molecule has 2 amide bonds. The number of carbonyl (C=O) groups excluding carboxylic acids is 2. The van der Waals surface area contributed by atoms with Crippen LogP contribution in [0.25, 0.3) is 11.0 Å². The van der Waals surface area contributed by atoms with Crippen LogP contribution < -0.4 is 5.32 Å². The lowest BCUT2D eigenvalue weighted by Gasteiger charge is -2.20. The van der Waals surface area contributed by atoms with Crippen LogP contribution in [0.4, 0.5) is 8.78 Å². The number of thioether (sulfide) groups is 1. The van der Waals surface area contributed by atoms with Gasteiger partial charge in [0, 0.05) is 26.1 Å². The fourth-order valence-electron chi connectivity index (χ4n) is 3.36. The van der Waals surface area contributed by atoms with Gasteiger partial charge in [0.1, 0.15) is 6.54 Å². The Labute approximate surface area is 166 Å². The van der Waals surface area contributed by atoms with Gasteiger partial charge in [-0.15, -0.1) is 0 Å². The van der Waals surface area contributed by atoms with Crippen molar-refractivity contribution in [2.75, 3.05) is 19.6 Å². The Morgan fingerprint density at radius 3 is 2.57 bits per heavy atom. The van der Waals surface area contributed by atoms with Crippen LogP contribution in [0.1, 0.15) is 32.1 Å². The number of alkyl halides is 2. The zero-order valence-electron chi connectivity index (χ0n) is 15.6. The number of nitrogens with one attached hydrogen (secondary N) is 1. The van der Waals surface area contributed by atoms with E-state index in [0.29, 0.717) is 22.8 Å². The lowest BCUT2D eigenvalue weighted by molar-refractivity contribution is -0.131. The van der Waals surface area contributed by atoms with E-state index in [-0.39, 0.29) is 36.5 Å². The van der Waals surface area contributed by atoms with Crippen LogP contribution in [-0.2, 0) is 16.1 Å². The number of imidazole rings is 1. The maximum absolute atomic E-state index is 12.8. The zero-order valence-corrected chi connectivity index (χ0v) is 16.4. The van der Waals surface area contributed by atoms with Crippen molar-refractivity contribution in [3.05, 3.63) is 24.3 Å². The van der Waals surface area contributed by atoms with Crippen molar-refractivity contribution in [2.24, 2.45) is 0 Å². The third-order valence-corrected chi connectivity index (χ3v) is 5.44. The monoisotopic (exact) mass is 410 g/mol. The number of amides is 2. The van der Waals surface area contributed by atoms with Gasteiger partial charge in [0.25, 0.3) is 5.76 Å². The fourth-order valence-corrected chi connectivity index (χ4v) is 3.96. The number of aromatic nitrogens is 2. The van der Waals surface area contributed by atoms with Crippen molar-refractivity contribution in [2.45, 2.75) is 49.6 Å². The number of halogens is 2. The van der Waals surface area contributed by atoms with E-state index in [1.54, 1.807) is 24.3 Å². The van der Waals surface area contributed by atoms with Crippen molar-refractivity contribution in [3.8, 4) is 0 Å². The third kappa shape index (κ3) is 5.43. The van der Waals surface area contributed by atoms with Crippen LogP contribution >= 0.6 is 11.8 Å². The van der Waals surface area contributed by atoms with Crippen molar-refractivity contribution >= 4 is 34.6 Å². The van der Waals surface area contributed by atoms with Crippen molar-refractivity contribution < 1.29 is 18.4 Å². The molecule has 152 valence electrons. The molecule has 2 heterocycles. The van der Waals surface area contributed by atoms with Gasteiger partial charge in [0.05, 0.1) is 11.0 Å². The Morgan fingerprint density at radius 1 is 1.14 bits per heavy atom. The van der Waals surface area contributed by atoms with E-state index in [0.717, 1.165) is 38.8 Å². The number of benzene rings is 1. The van der Waals surface area contributed by atoms with Gasteiger partial charge in [-0.05, 0) is 36.7 Å². The van der Waals surface area contributed by atoms with Crippen LogP contribution in [0, 0.1) is 0 Å². The maximum Gasteiger partial charge on any atom is 0.291 e. The fraction of sp³-hybridized carbons (Fsp3) is 0.526. The van der Waals surface area contributed by atoms with Crippen molar-refractivity contribution in [1.29, 1.82) is 0 Å². The molecule has 0 aliphatic carbocycles. The number of carbonyl (C=O) groups is 2. The molecule has 0 radical (unpaired) electrons. The largest absolute Gasteiger partial charge is 0.354 e. The van der Waals surface area contributed by atoms with Gasteiger partial charge in [-0.2, -0.15) is 8.78 Å². The summed E-state index contributed by atoms with van der Waals surface area (Å²) in [5.41, 5.74) is 1.19. The van der Waals surface area contributed by atoms with E-state index < -0.39 is 5.76 Å². The van der Waals surface area contributed by atoms with E-state index in [4.69, 9.17) is 0 Å². The second kappa shape index (κ2) is 9.86. The Bertz CT molecular complexity index is 819. The van der Waals surface area contributed by atoms with Crippen LogP contribution in [0.2, 0.25) is 0 Å². The molecule has 3 rings (SSSR count). The summed E-state index contributed by atoms with van der Waals surface area (Å²) in [6.45, 7) is 1.68. The Hall–Kier alpha value is -2.16. The predicted octanol–water partition coefficient (Wildman–Crippen LogP) is 3.26. The maximum atomic E-state index is 12.8. The van der Waals surface area contributed by atoms with Gasteiger partial charge in [-0.25, -0.2) is 4.98 Å². The summed E-state index contributed by atoms with van der Waals surface area (Å²) >= 11 is 0.320. The zero-order chi connectivity index (χ0) is 19.9. The van der Waals surface area contributed by atoms with Crippen LogP contribution in [-0.4, -0.2) is 51.7 Å². The number of hydrogen-bond donors (Lipinski definition) is 1. The minimum absolute atomic E-state index is 0.0456. The van der Waals surface area contributed by atoms with Gasteiger partial charge in [0.2, 0.25) is 11.8 Å². The van der Waals surface area contributed by atoms with Gasteiger partial charge in [-0.3, -0.25) is 9.59 Å². The van der Waals surface area contributed by atoms with E-state index in [9.17, 15) is 18.4 Å². The normalized spacial score (nSPS) is 15.0. The molecule has 1 N–H and O–H groups in total. The molecule has 28 heavy (non-hydrogen) atoms. The quantitative estimate of drug-likeness (QED) is 0.712. The highest BCUT2D eigenvalue weighted by molar-refractivity contribution is 7.99. The molecule has 1 saturated heterocycles. The lowest BCUT2D eigenvalue weighted by Crippen LogP contribution is -2.36. The molecule has 6 nitrogen and oxygen atoms in total. The standard InChI is InChI=1S/C19H24F2N4O2S/c20-18(21)28-19-23-14-7-3-4-8-15(14)25(19)13-16(26)22-10-9-17(27)24-11-5-1-2-6-12-24/h3-4,7-8,18H,1-2,5-6,9-13H2,(H,22,26). The summed E-state index contributed by atoms with van der Waals surface area (Å²) in [6.07, 6.45) is 4.60. The molecule has 0 unspecified atom stereocenters. The van der Waals surface area contributed by atoms with E-state index >= 15 is 0 Å². The summed E-state index contributed by atoms with van der Waals surface area (Å²) in [4.78, 5) is 30.6. The smallest absolute Gasteiger partial charge is 0.291 e. The highest BCUT2D eigenvalue weighted by atomic mass is 32.2. The number of rotatable bonds is 7. The molecule has 1 fully saturated rings. The molecule has 9 heteroatoms. The number of nitrogens with zero attached hydrogens (tertiary/aromatic N) is 3. The summed E-state index contributed by atoms with van der Waals surface area (Å²) in [5, 5.41) is 2.82. The van der Waals surface area contributed by atoms with Gasteiger partial charge in [0.15, 0.2) is 5.16 Å². The van der Waals surface area contributed by atoms with Crippen LogP contribution in [0.15, 0.2) is 29.4 Å². The molecule has 0 saturated carbocycles. The van der Waals surface area contributed by atoms with Crippen molar-refractivity contribution in [1.82, 2.24) is 19.8 Å². The second-order valence-corrected chi connectivity index (χ2v) is 7.70. The Balaban J connectivity index is 1.56. The van der Waals surface area contributed by atoms with Gasteiger partial charge < -0.3 is 14.8 Å². The summed E-state index contributed by atoms with van der Waals surface area (Å²) in [6, 6.07) is 7.01. The molecule has 1 aliphatic rings. The van der Waals surface area contributed by atoms with E-state index in [1.165, 1.54) is 4.57 Å². The molecule has 0 atom stereocenters. The third-order valence-electron chi connectivity index (χ3n) is 4.74. The van der Waals surface area contributed by atoms with Crippen molar-refractivity contribution in [3.63, 3.8) is 0 Å². The van der Waals surface area contributed by atoms with E-state index in [1.807, 2.05) is 4.90 Å². The number of para-hydroxylation sites is 2. The molecular weight excluding hydrogens is 386 g/mol. The van der Waals surface area contributed by atoms with E-state index in [2.05, 4.69) is 10.3 Å². The number of fused-ring (bicyclic) bond motifs is 1. The number of hydrogen-bond acceptors (Lipinski definition) is 4. The Kier molecular flexibility index (Phi) is 7.24. The molecule has 1 aliphatic heterocycles. The second-order valence-electron chi connectivity index (χ2n) is 6.74. The summed E-state index contributed by atoms with van der Waals surface area (Å²) < 4.78 is 27.1. The summed E-state index contributed by atoms with van der Waals surface area (Å²) in [5.74, 6) is -2.91. The first-order valence-corrected chi connectivity index (χ1v) is 10.4. The average molecular weight is 410 g/mol. The molecule has 0 bridgehead atoms. The first-order chi connectivity index (χ1) is 13.5. The molecular formula is C19H24F2N4O2S. The Morgan fingerprint density at radius 2 is 1.86 bits per heavy atom. The highest BCUT2D eigenvalue weighted by Gasteiger charge is 2.18. The molecule has 2 aromatic rings. The topological polar surface area (TPSA) is 67.2 Å². The predicted molar refractivity (Wildman–Crippen MR) is 104 cm³/mol. The minimum Gasteiger partial charge on any atom is -0.354 e. The SMILES string of the molecule is O=C(Cn1c(SC(F)F)nc2ccccc21)NCCC(=O)N1CCCCCC1. The van der Waals surface area contributed by atoms with Gasteiger partial charge >= 0.3 is 0 Å². The first-order valence-electron chi connectivity index (χ1n) is 9.49.